The van der Waals surface area contributed by atoms with Gasteiger partial charge in [-0.25, -0.2) is 13.2 Å². The maximum Gasteiger partial charge on any atom is 0.396 e. The van der Waals surface area contributed by atoms with E-state index in [2.05, 4.69) is 0 Å². The lowest BCUT2D eigenvalue weighted by molar-refractivity contribution is 0.101. The van der Waals surface area contributed by atoms with E-state index in [1.807, 2.05) is 13.8 Å². The summed E-state index contributed by atoms with van der Waals surface area (Å²) in [7, 11) is -4.30. The second-order valence-corrected chi connectivity index (χ2v) is 10.5. The molecule has 0 radical (unpaired) electrons. The zero-order valence-electron chi connectivity index (χ0n) is 17.1. The summed E-state index contributed by atoms with van der Waals surface area (Å²) in [5.41, 5.74) is 1.40. The minimum Gasteiger partial charge on any atom is -0.414 e. The summed E-state index contributed by atoms with van der Waals surface area (Å²) in [4.78, 5) is 24.5. The zero-order valence-corrected chi connectivity index (χ0v) is 19.5. The van der Waals surface area contributed by atoms with Crippen molar-refractivity contribution >= 4 is 54.8 Å². The third-order valence-electron chi connectivity index (χ3n) is 4.92. The van der Waals surface area contributed by atoms with E-state index >= 15 is 0 Å². The Morgan fingerprint density at radius 1 is 1.03 bits per heavy atom. The fraction of sp³-hybridized carbons (Fsp3) is 0.130. The molecule has 1 amide bonds. The fourth-order valence-electron chi connectivity index (χ4n) is 3.23. The van der Waals surface area contributed by atoms with Gasteiger partial charge in [0.2, 0.25) is 0 Å². The van der Waals surface area contributed by atoms with Crippen LogP contribution in [0.4, 0.5) is 5.69 Å². The quantitative estimate of drug-likeness (QED) is 0.362. The van der Waals surface area contributed by atoms with E-state index < -0.39 is 20.9 Å². The molecule has 0 bridgehead atoms. The Morgan fingerprint density at radius 2 is 1.72 bits per heavy atom. The number of fused-ring (bicyclic) bond motifs is 1. The molecule has 0 saturated carbocycles. The Bertz CT molecular complexity index is 1470. The van der Waals surface area contributed by atoms with Crippen LogP contribution < -0.4 is 9.24 Å². The first kappa shape index (κ1) is 22.3. The summed E-state index contributed by atoms with van der Waals surface area (Å²) >= 11 is 7.03. The van der Waals surface area contributed by atoms with Crippen molar-refractivity contribution in [2.75, 3.05) is 4.31 Å². The van der Waals surface area contributed by atoms with Crippen LogP contribution in [-0.2, 0) is 10.0 Å². The topological polar surface area (TPSA) is 84.7 Å². The molecule has 6 nitrogen and oxygen atoms in total. The highest BCUT2D eigenvalue weighted by molar-refractivity contribution is 7.93. The van der Waals surface area contributed by atoms with Gasteiger partial charge >= 0.3 is 4.94 Å². The van der Waals surface area contributed by atoms with Crippen molar-refractivity contribution in [1.29, 1.82) is 0 Å². The summed E-state index contributed by atoms with van der Waals surface area (Å²) in [6.45, 7) is 4.00. The monoisotopic (exact) mass is 487 g/mol. The highest BCUT2D eigenvalue weighted by atomic mass is 35.5. The lowest BCUT2D eigenvalue weighted by Gasteiger charge is -2.23. The number of halogens is 1. The van der Waals surface area contributed by atoms with Crippen molar-refractivity contribution in [3.05, 3.63) is 92.6 Å². The average Bonchev–Trinajstić information content (AvgIpc) is 3.13. The van der Waals surface area contributed by atoms with Crippen molar-refractivity contribution in [2.24, 2.45) is 0 Å². The number of hydrogen-bond acceptors (Lipinski definition) is 6. The molecule has 9 heteroatoms. The van der Waals surface area contributed by atoms with Gasteiger partial charge in [-0.15, -0.1) is 0 Å². The Balaban J connectivity index is 1.90. The van der Waals surface area contributed by atoms with Crippen molar-refractivity contribution in [3.8, 4) is 0 Å². The molecule has 4 rings (SSSR count). The van der Waals surface area contributed by atoms with Crippen molar-refractivity contribution < 1.29 is 17.6 Å². The molecule has 32 heavy (non-hydrogen) atoms. The normalized spacial score (nSPS) is 11.8. The Morgan fingerprint density at radius 3 is 2.38 bits per heavy atom. The minimum absolute atomic E-state index is 0.0389. The van der Waals surface area contributed by atoms with Gasteiger partial charge < -0.3 is 4.42 Å². The van der Waals surface area contributed by atoms with Gasteiger partial charge in [0.1, 0.15) is 5.58 Å². The predicted molar refractivity (Wildman–Crippen MR) is 126 cm³/mol. The molecule has 0 saturated heterocycles. The summed E-state index contributed by atoms with van der Waals surface area (Å²) in [5, 5.41) is 0.127. The standard InChI is InChI=1S/C23H18ClNO5S2/c1-14(2)15-7-10-17(11-8-15)32(28,29)25(22(26)18-5-3-4-6-19(18)24)16-9-12-20-21(13-16)31-23(27)30-20/h3-14H,1-2H3. The van der Waals surface area contributed by atoms with Crippen LogP contribution in [0.2, 0.25) is 5.02 Å². The predicted octanol–water partition coefficient (Wildman–Crippen LogP) is 5.67. The average molecular weight is 488 g/mol. The van der Waals surface area contributed by atoms with Crippen LogP contribution in [0.5, 0.6) is 0 Å². The van der Waals surface area contributed by atoms with Gasteiger partial charge in [-0.05, 0) is 53.9 Å². The van der Waals surface area contributed by atoms with E-state index in [0.29, 0.717) is 14.6 Å². The summed E-state index contributed by atoms with van der Waals surface area (Å²) < 4.78 is 33.5. The van der Waals surface area contributed by atoms with Crippen molar-refractivity contribution in [2.45, 2.75) is 24.7 Å². The van der Waals surface area contributed by atoms with Gasteiger partial charge in [0.05, 0.1) is 25.9 Å². The zero-order chi connectivity index (χ0) is 23.0. The van der Waals surface area contributed by atoms with Crippen LogP contribution in [0, 0.1) is 0 Å². The second-order valence-electron chi connectivity index (χ2n) is 7.36. The molecule has 0 spiro atoms. The van der Waals surface area contributed by atoms with Crippen molar-refractivity contribution in [1.82, 2.24) is 0 Å². The molecule has 0 aliphatic carbocycles. The molecule has 1 heterocycles. The third kappa shape index (κ3) is 4.09. The number of rotatable bonds is 5. The summed E-state index contributed by atoms with van der Waals surface area (Å²) in [5.74, 6) is -0.586. The lowest BCUT2D eigenvalue weighted by Crippen LogP contribution is -2.37. The van der Waals surface area contributed by atoms with Gasteiger partial charge in [-0.2, -0.15) is 4.31 Å². The molecule has 0 fully saturated rings. The number of carbonyl (C=O) groups is 1. The van der Waals surface area contributed by atoms with E-state index in [0.717, 1.165) is 16.9 Å². The van der Waals surface area contributed by atoms with E-state index in [-0.39, 0.29) is 27.1 Å². The van der Waals surface area contributed by atoms with Crippen molar-refractivity contribution in [3.63, 3.8) is 0 Å². The van der Waals surface area contributed by atoms with Crippen LogP contribution in [0.25, 0.3) is 10.3 Å². The molecule has 0 aliphatic heterocycles. The first-order valence-corrected chi connectivity index (χ1v) is 12.3. The number of sulfonamides is 1. The van der Waals surface area contributed by atoms with Gasteiger partial charge in [0.25, 0.3) is 15.9 Å². The van der Waals surface area contributed by atoms with E-state index in [9.17, 15) is 18.0 Å². The Hall–Kier alpha value is -2.94. The fourth-order valence-corrected chi connectivity index (χ4v) is 5.54. The molecule has 0 N–H and O–H groups in total. The Labute approximate surface area is 193 Å². The smallest absolute Gasteiger partial charge is 0.396 e. The second kappa shape index (κ2) is 8.54. The molecular weight excluding hydrogens is 470 g/mol. The van der Waals surface area contributed by atoms with Crippen LogP contribution in [0.15, 0.2) is 80.8 Å². The molecule has 3 aromatic carbocycles. The summed E-state index contributed by atoms with van der Waals surface area (Å²) in [6.07, 6.45) is 0. The lowest BCUT2D eigenvalue weighted by atomic mass is 10.0. The number of carbonyl (C=O) groups excluding carboxylic acids is 1. The number of amides is 1. The van der Waals surface area contributed by atoms with E-state index in [4.69, 9.17) is 16.0 Å². The summed E-state index contributed by atoms with van der Waals surface area (Å²) in [6, 6.07) is 17.0. The molecule has 0 unspecified atom stereocenters. The van der Waals surface area contributed by atoms with E-state index in [1.165, 1.54) is 42.5 Å². The van der Waals surface area contributed by atoms with Gasteiger partial charge in [-0.3, -0.25) is 4.79 Å². The van der Waals surface area contributed by atoms with E-state index in [1.54, 1.807) is 24.3 Å². The largest absolute Gasteiger partial charge is 0.414 e. The van der Waals surface area contributed by atoms with Crippen LogP contribution in [0.3, 0.4) is 0 Å². The molecular formula is C23H18ClNO5S2. The van der Waals surface area contributed by atoms with Gasteiger partial charge in [-0.1, -0.05) is 61.1 Å². The number of anilines is 1. The van der Waals surface area contributed by atoms with Gasteiger partial charge in [0, 0.05) is 0 Å². The highest BCUT2D eigenvalue weighted by Crippen LogP contribution is 2.32. The maximum atomic E-state index is 13.7. The molecule has 4 aromatic rings. The SMILES string of the molecule is CC(C)c1ccc(S(=O)(=O)N(C(=O)c2ccccc2Cl)c2ccc3oc(=O)sc3c2)cc1. The highest BCUT2D eigenvalue weighted by Gasteiger charge is 2.33. The number of benzene rings is 3. The van der Waals surface area contributed by atoms with Gasteiger partial charge in [0.15, 0.2) is 0 Å². The first-order valence-electron chi connectivity index (χ1n) is 9.66. The molecule has 0 aliphatic rings. The minimum atomic E-state index is -4.30. The number of nitrogens with zero attached hydrogens (tertiary/aromatic N) is 1. The first-order chi connectivity index (χ1) is 15.2. The molecule has 0 atom stereocenters. The maximum absolute atomic E-state index is 13.7. The molecule has 1 aromatic heterocycles. The van der Waals surface area contributed by atoms with Crippen LogP contribution >= 0.6 is 22.9 Å². The van der Waals surface area contributed by atoms with Crippen LogP contribution in [0.1, 0.15) is 35.7 Å². The Kier molecular flexibility index (Phi) is 5.94. The molecule has 164 valence electrons. The number of hydrogen-bond donors (Lipinski definition) is 0. The van der Waals surface area contributed by atoms with Crippen LogP contribution in [-0.4, -0.2) is 14.3 Å². The third-order valence-corrected chi connectivity index (χ3v) is 7.77.